The summed E-state index contributed by atoms with van der Waals surface area (Å²) >= 11 is 0. The molecule has 0 aliphatic heterocycles. The fraction of sp³-hybridized carbons (Fsp3) is 0. The van der Waals surface area contributed by atoms with Crippen LogP contribution in [0.25, 0.3) is 109 Å². The van der Waals surface area contributed by atoms with Crippen molar-refractivity contribution in [1.82, 2.24) is 9.97 Å². The molecule has 0 atom stereocenters. The van der Waals surface area contributed by atoms with Gasteiger partial charge in [-0.05, 0) is 137 Å². The average Bonchev–Trinajstić information content (AvgIpc) is 3.38. The minimum atomic E-state index is 0.996. The van der Waals surface area contributed by atoms with Crippen molar-refractivity contribution < 1.29 is 0 Å². The molecule has 0 aliphatic carbocycles. The van der Waals surface area contributed by atoms with Crippen LogP contribution in [-0.2, 0) is 0 Å². The quantitative estimate of drug-likeness (QED) is 0.156. The second kappa shape index (κ2) is 15.0. The predicted molar refractivity (Wildman–Crippen MR) is 276 cm³/mol. The van der Waals surface area contributed by atoms with Crippen molar-refractivity contribution in [2.24, 2.45) is 0 Å². The van der Waals surface area contributed by atoms with Crippen LogP contribution in [0.2, 0.25) is 0 Å². The summed E-state index contributed by atoms with van der Waals surface area (Å²) in [5.74, 6) is 0. The summed E-state index contributed by atoms with van der Waals surface area (Å²) in [6.45, 7) is 0. The van der Waals surface area contributed by atoms with Crippen LogP contribution in [0.5, 0.6) is 0 Å². The summed E-state index contributed by atoms with van der Waals surface area (Å²) in [5.41, 5.74) is 12.3. The standard InChI is InChI=1S/C62H39N3/c1-2-8-43-33-44(14-13-40(43)7-1)45-21-29-57-48(34-45)15-16-49-35-54(28-32-58(49)57)65(52-24-17-41(18-25-52)46-22-30-59-55-11-5-3-9-50(55)38-63-61(59)36-46)53-26-19-42(20-27-53)47-23-31-60-56-12-6-4-10-51(56)39-64-62(60)37-47/h1-39H. The lowest BCUT2D eigenvalue weighted by molar-refractivity contribution is 1.29. The molecule has 65 heavy (non-hydrogen) atoms. The van der Waals surface area contributed by atoms with E-state index in [1.165, 1.54) is 65.0 Å². The number of rotatable bonds is 6. The highest BCUT2D eigenvalue weighted by Crippen LogP contribution is 2.40. The van der Waals surface area contributed by atoms with Gasteiger partial charge in [-0.3, -0.25) is 9.97 Å². The Balaban J connectivity index is 0.882. The van der Waals surface area contributed by atoms with Crippen molar-refractivity contribution in [2.45, 2.75) is 0 Å². The molecule has 2 aromatic heterocycles. The van der Waals surface area contributed by atoms with Gasteiger partial charge < -0.3 is 4.90 Å². The molecule has 0 N–H and O–H groups in total. The van der Waals surface area contributed by atoms with Crippen LogP contribution in [0, 0.1) is 0 Å². The van der Waals surface area contributed by atoms with Crippen molar-refractivity contribution in [2.75, 3.05) is 4.90 Å². The molecule has 0 amide bonds. The second-order valence-corrected chi connectivity index (χ2v) is 17.1. The SMILES string of the molecule is c1ccc2cc(-c3ccc4c(ccc5cc(N(c6ccc(-c7ccc8c(c7)ncc7ccccc78)cc6)c6ccc(-c7ccc8c(c7)ncc7ccccc78)cc6)ccc54)c3)ccc2c1. The van der Waals surface area contributed by atoms with E-state index in [0.29, 0.717) is 0 Å². The highest BCUT2D eigenvalue weighted by Gasteiger charge is 2.16. The van der Waals surface area contributed by atoms with E-state index in [4.69, 9.17) is 9.97 Å². The van der Waals surface area contributed by atoms with Crippen molar-refractivity contribution >= 4 is 92.7 Å². The third-order valence-electron chi connectivity index (χ3n) is 13.3. The number of benzene rings is 11. The van der Waals surface area contributed by atoms with E-state index in [1.54, 1.807) is 0 Å². The summed E-state index contributed by atoms with van der Waals surface area (Å²) in [6.07, 6.45) is 3.95. The van der Waals surface area contributed by atoms with E-state index in [1.807, 2.05) is 12.4 Å². The number of hydrogen-bond donors (Lipinski definition) is 0. The Bertz CT molecular complexity index is 3840. The average molecular weight is 826 g/mol. The monoisotopic (exact) mass is 825 g/mol. The van der Waals surface area contributed by atoms with Gasteiger partial charge in [-0.1, -0.05) is 164 Å². The molecule has 0 bridgehead atoms. The number of aromatic nitrogens is 2. The molecule has 0 saturated carbocycles. The van der Waals surface area contributed by atoms with Crippen molar-refractivity contribution in [3.63, 3.8) is 0 Å². The van der Waals surface area contributed by atoms with Gasteiger partial charge in [0.25, 0.3) is 0 Å². The number of nitrogens with zero attached hydrogens (tertiary/aromatic N) is 3. The Hall–Kier alpha value is -8.66. The Morgan fingerprint density at radius 1 is 0.231 bits per heavy atom. The van der Waals surface area contributed by atoms with Gasteiger partial charge in [0.15, 0.2) is 0 Å². The maximum Gasteiger partial charge on any atom is 0.0714 e. The molecule has 3 heteroatoms. The van der Waals surface area contributed by atoms with Crippen molar-refractivity contribution in [3.05, 3.63) is 237 Å². The first-order valence-corrected chi connectivity index (χ1v) is 22.2. The highest BCUT2D eigenvalue weighted by molar-refractivity contribution is 6.10. The minimum absolute atomic E-state index is 0.996. The summed E-state index contributed by atoms with van der Waals surface area (Å²) < 4.78 is 0. The van der Waals surface area contributed by atoms with E-state index >= 15 is 0 Å². The molecule has 0 radical (unpaired) electrons. The number of anilines is 3. The van der Waals surface area contributed by atoms with E-state index in [0.717, 1.165) is 61.1 Å². The second-order valence-electron chi connectivity index (χ2n) is 17.1. The molecule has 0 saturated heterocycles. The van der Waals surface area contributed by atoms with Crippen LogP contribution in [-0.4, -0.2) is 9.97 Å². The van der Waals surface area contributed by atoms with Gasteiger partial charge in [0.05, 0.1) is 11.0 Å². The first kappa shape index (κ1) is 36.9. The fourth-order valence-corrected chi connectivity index (χ4v) is 9.88. The van der Waals surface area contributed by atoms with E-state index in [2.05, 4.69) is 229 Å². The Morgan fingerprint density at radius 2 is 0.600 bits per heavy atom. The van der Waals surface area contributed by atoms with E-state index in [-0.39, 0.29) is 0 Å². The normalized spacial score (nSPS) is 11.7. The molecule has 11 aromatic carbocycles. The lowest BCUT2D eigenvalue weighted by atomic mass is 9.96. The van der Waals surface area contributed by atoms with Gasteiger partial charge in [-0.25, -0.2) is 0 Å². The molecule has 13 rings (SSSR count). The molecule has 302 valence electrons. The van der Waals surface area contributed by atoms with Gasteiger partial charge in [0.1, 0.15) is 0 Å². The molecule has 13 aromatic rings. The fourth-order valence-electron chi connectivity index (χ4n) is 9.88. The van der Waals surface area contributed by atoms with Gasteiger partial charge in [0.2, 0.25) is 0 Å². The molecular weight excluding hydrogens is 787 g/mol. The zero-order chi connectivity index (χ0) is 42.8. The molecule has 3 nitrogen and oxygen atoms in total. The Morgan fingerprint density at radius 3 is 1.17 bits per heavy atom. The van der Waals surface area contributed by atoms with Crippen LogP contribution in [0.3, 0.4) is 0 Å². The summed E-state index contributed by atoms with van der Waals surface area (Å²) in [7, 11) is 0. The zero-order valence-corrected chi connectivity index (χ0v) is 35.4. The largest absolute Gasteiger partial charge is 0.310 e. The summed E-state index contributed by atoms with van der Waals surface area (Å²) in [6, 6.07) is 81.6. The maximum atomic E-state index is 4.84. The van der Waals surface area contributed by atoms with Gasteiger partial charge >= 0.3 is 0 Å². The Kier molecular flexibility index (Phi) is 8.53. The molecule has 0 fully saturated rings. The lowest BCUT2D eigenvalue weighted by Crippen LogP contribution is -2.09. The van der Waals surface area contributed by atoms with E-state index < -0.39 is 0 Å². The number of fused-ring (bicyclic) bond motifs is 10. The summed E-state index contributed by atoms with van der Waals surface area (Å²) in [4.78, 5) is 12.0. The van der Waals surface area contributed by atoms with Gasteiger partial charge in [-0.2, -0.15) is 0 Å². The zero-order valence-electron chi connectivity index (χ0n) is 35.4. The number of hydrogen-bond acceptors (Lipinski definition) is 3. The first-order chi connectivity index (χ1) is 32.2. The molecule has 2 heterocycles. The van der Waals surface area contributed by atoms with Crippen molar-refractivity contribution in [3.8, 4) is 33.4 Å². The molecular formula is C62H39N3. The van der Waals surface area contributed by atoms with E-state index in [9.17, 15) is 0 Å². The van der Waals surface area contributed by atoms with Crippen LogP contribution in [0.15, 0.2) is 237 Å². The minimum Gasteiger partial charge on any atom is -0.310 e. The van der Waals surface area contributed by atoms with Gasteiger partial charge in [0, 0.05) is 51.0 Å². The van der Waals surface area contributed by atoms with Crippen molar-refractivity contribution in [1.29, 1.82) is 0 Å². The predicted octanol–water partition coefficient (Wildman–Crippen LogP) is 17.0. The summed E-state index contributed by atoms with van der Waals surface area (Å²) in [5, 5.41) is 14.5. The van der Waals surface area contributed by atoms with Crippen LogP contribution in [0.4, 0.5) is 17.1 Å². The molecule has 0 unspecified atom stereocenters. The first-order valence-electron chi connectivity index (χ1n) is 22.2. The molecule has 0 spiro atoms. The van der Waals surface area contributed by atoms with Crippen LogP contribution < -0.4 is 4.90 Å². The maximum absolute atomic E-state index is 4.84. The molecule has 0 aliphatic rings. The van der Waals surface area contributed by atoms with Crippen LogP contribution >= 0.6 is 0 Å². The lowest BCUT2D eigenvalue weighted by Gasteiger charge is -2.26. The highest BCUT2D eigenvalue weighted by atomic mass is 15.1. The van der Waals surface area contributed by atoms with Gasteiger partial charge in [-0.15, -0.1) is 0 Å². The smallest absolute Gasteiger partial charge is 0.0714 e. The third kappa shape index (κ3) is 6.44. The third-order valence-corrected chi connectivity index (χ3v) is 13.3. The topological polar surface area (TPSA) is 29.0 Å². The van der Waals surface area contributed by atoms with Crippen LogP contribution in [0.1, 0.15) is 0 Å². The number of pyridine rings is 2. The Labute approximate surface area is 376 Å².